The fraction of sp³-hybridized carbons (Fsp3) is 0.417. The van der Waals surface area contributed by atoms with E-state index in [0.29, 0.717) is 0 Å². The van der Waals surface area contributed by atoms with Gasteiger partial charge in [0, 0.05) is 12.1 Å². The Morgan fingerprint density at radius 2 is 2.00 bits per heavy atom. The molecule has 0 saturated heterocycles. The number of ether oxygens (including phenoxy) is 1. The molecule has 0 aromatic heterocycles. The maximum absolute atomic E-state index is 5.90. The van der Waals surface area contributed by atoms with Crippen molar-refractivity contribution >= 4 is 11.4 Å². The first-order chi connectivity index (χ1) is 6.57. The van der Waals surface area contributed by atoms with Crippen molar-refractivity contribution in [1.29, 1.82) is 0 Å². The highest BCUT2D eigenvalue weighted by Crippen LogP contribution is 2.34. The van der Waals surface area contributed by atoms with Crippen LogP contribution in [-0.2, 0) is 0 Å². The smallest absolute Gasteiger partial charge is 0.145 e. The Labute approximate surface area is 84.6 Å². The van der Waals surface area contributed by atoms with Crippen LogP contribution >= 0.6 is 0 Å². The van der Waals surface area contributed by atoms with Crippen LogP contribution in [0.1, 0.15) is 27.2 Å². The summed E-state index contributed by atoms with van der Waals surface area (Å²) in [7, 11) is 0. The van der Waals surface area contributed by atoms with Crippen LogP contribution in [0.25, 0.3) is 0 Å². The maximum atomic E-state index is 5.90. The van der Waals surface area contributed by atoms with Crippen molar-refractivity contribution in [2.45, 2.75) is 32.8 Å². The van der Waals surface area contributed by atoms with Crippen LogP contribution in [0.4, 0.5) is 5.69 Å². The van der Waals surface area contributed by atoms with Gasteiger partial charge < -0.3 is 4.74 Å². The summed E-state index contributed by atoms with van der Waals surface area (Å²) >= 11 is 0. The van der Waals surface area contributed by atoms with Crippen molar-refractivity contribution in [2.24, 2.45) is 4.99 Å². The molecular weight excluding hydrogens is 174 g/mol. The third-order valence-electron chi connectivity index (χ3n) is 2.24. The second-order valence-electron chi connectivity index (χ2n) is 4.35. The van der Waals surface area contributed by atoms with Gasteiger partial charge in [-0.1, -0.05) is 12.1 Å². The highest BCUT2D eigenvalue weighted by molar-refractivity contribution is 5.86. The molecule has 1 aromatic rings. The minimum Gasteiger partial charge on any atom is -0.485 e. The first-order valence-electron chi connectivity index (χ1n) is 4.89. The van der Waals surface area contributed by atoms with E-state index in [1.807, 2.05) is 31.2 Å². The molecule has 0 saturated carbocycles. The highest BCUT2D eigenvalue weighted by Gasteiger charge is 2.24. The normalized spacial score (nSPS) is 18.9. The molecule has 0 amide bonds. The second-order valence-corrected chi connectivity index (χ2v) is 4.35. The molecule has 1 heterocycles. The van der Waals surface area contributed by atoms with Crippen LogP contribution in [0, 0.1) is 0 Å². The molecule has 0 radical (unpaired) electrons. The van der Waals surface area contributed by atoms with Crippen molar-refractivity contribution < 1.29 is 4.74 Å². The zero-order chi connectivity index (χ0) is 10.2. The van der Waals surface area contributed by atoms with Crippen LogP contribution in [0.15, 0.2) is 29.3 Å². The zero-order valence-corrected chi connectivity index (χ0v) is 8.87. The molecule has 2 nitrogen and oxygen atoms in total. The first kappa shape index (κ1) is 9.25. The minimum atomic E-state index is -0.153. The van der Waals surface area contributed by atoms with Crippen LogP contribution in [0.3, 0.4) is 0 Å². The zero-order valence-electron chi connectivity index (χ0n) is 8.87. The van der Waals surface area contributed by atoms with E-state index in [0.717, 1.165) is 23.6 Å². The molecule has 1 aliphatic rings. The van der Waals surface area contributed by atoms with E-state index >= 15 is 0 Å². The van der Waals surface area contributed by atoms with Gasteiger partial charge in [0.1, 0.15) is 17.0 Å². The molecule has 0 spiro atoms. The molecule has 0 unspecified atom stereocenters. The summed E-state index contributed by atoms with van der Waals surface area (Å²) in [6, 6.07) is 7.92. The molecule has 0 atom stereocenters. The van der Waals surface area contributed by atoms with Gasteiger partial charge in [-0.3, -0.25) is 4.99 Å². The van der Waals surface area contributed by atoms with Crippen molar-refractivity contribution in [3.63, 3.8) is 0 Å². The summed E-state index contributed by atoms with van der Waals surface area (Å²) in [6.45, 7) is 6.23. The van der Waals surface area contributed by atoms with E-state index in [1.165, 1.54) is 0 Å². The maximum Gasteiger partial charge on any atom is 0.145 e. The van der Waals surface area contributed by atoms with Gasteiger partial charge in [-0.05, 0) is 32.9 Å². The number of benzene rings is 1. The number of hydrogen-bond donors (Lipinski definition) is 0. The Morgan fingerprint density at radius 3 is 2.79 bits per heavy atom. The molecule has 0 fully saturated rings. The van der Waals surface area contributed by atoms with E-state index < -0.39 is 0 Å². The fourth-order valence-corrected chi connectivity index (χ4v) is 1.83. The standard InChI is InChI=1S/C12H15NO/c1-9-8-12(2,3)14-11-7-5-4-6-10(11)13-9/h4-7H,8H2,1-3H3. The Balaban J connectivity index is 2.49. The molecule has 0 bridgehead atoms. The predicted octanol–water partition coefficient (Wildman–Crippen LogP) is 3.34. The molecule has 14 heavy (non-hydrogen) atoms. The largest absolute Gasteiger partial charge is 0.485 e. The van der Waals surface area contributed by atoms with E-state index in [1.54, 1.807) is 0 Å². The molecule has 2 heteroatoms. The summed E-state index contributed by atoms with van der Waals surface area (Å²) in [5, 5.41) is 0. The fourth-order valence-electron chi connectivity index (χ4n) is 1.83. The van der Waals surface area contributed by atoms with Gasteiger partial charge >= 0.3 is 0 Å². The van der Waals surface area contributed by atoms with E-state index in [-0.39, 0.29) is 5.60 Å². The number of nitrogens with zero attached hydrogens (tertiary/aromatic N) is 1. The van der Waals surface area contributed by atoms with Gasteiger partial charge in [-0.25, -0.2) is 0 Å². The number of hydrogen-bond acceptors (Lipinski definition) is 2. The minimum absolute atomic E-state index is 0.153. The molecular formula is C12H15NO. The van der Waals surface area contributed by atoms with Gasteiger partial charge in [-0.2, -0.15) is 0 Å². The van der Waals surface area contributed by atoms with Crippen molar-refractivity contribution in [3.05, 3.63) is 24.3 Å². The van der Waals surface area contributed by atoms with Crippen molar-refractivity contribution in [2.75, 3.05) is 0 Å². The van der Waals surface area contributed by atoms with E-state index in [9.17, 15) is 0 Å². The van der Waals surface area contributed by atoms with Gasteiger partial charge in [0.25, 0.3) is 0 Å². The molecule has 0 N–H and O–H groups in total. The Kier molecular flexibility index (Phi) is 2.06. The number of aliphatic imine (C=N–C) groups is 1. The molecule has 2 rings (SSSR count). The number of rotatable bonds is 0. The Hall–Kier alpha value is -1.31. The summed E-state index contributed by atoms with van der Waals surface area (Å²) in [4.78, 5) is 4.53. The lowest BCUT2D eigenvalue weighted by Crippen LogP contribution is -2.29. The molecule has 1 aromatic carbocycles. The van der Waals surface area contributed by atoms with Crippen LogP contribution in [-0.4, -0.2) is 11.3 Å². The van der Waals surface area contributed by atoms with Crippen LogP contribution in [0.2, 0.25) is 0 Å². The Bertz CT molecular complexity index is 380. The van der Waals surface area contributed by atoms with Crippen LogP contribution < -0.4 is 4.74 Å². The van der Waals surface area contributed by atoms with E-state index in [4.69, 9.17) is 4.74 Å². The summed E-state index contributed by atoms with van der Waals surface area (Å²) in [5.74, 6) is 0.884. The highest BCUT2D eigenvalue weighted by atomic mass is 16.5. The van der Waals surface area contributed by atoms with Gasteiger partial charge in [0.15, 0.2) is 0 Å². The second kappa shape index (κ2) is 3.12. The molecule has 0 aliphatic carbocycles. The predicted molar refractivity (Wildman–Crippen MR) is 58.5 cm³/mol. The summed E-state index contributed by atoms with van der Waals surface area (Å²) in [5.41, 5.74) is 1.91. The van der Waals surface area contributed by atoms with E-state index in [2.05, 4.69) is 18.8 Å². The van der Waals surface area contributed by atoms with Crippen molar-refractivity contribution in [1.82, 2.24) is 0 Å². The third-order valence-corrected chi connectivity index (χ3v) is 2.24. The lowest BCUT2D eigenvalue weighted by molar-refractivity contribution is 0.120. The SMILES string of the molecule is CC1=Nc2ccccc2OC(C)(C)C1. The third kappa shape index (κ3) is 1.79. The molecule has 74 valence electrons. The number of para-hydroxylation sites is 2. The van der Waals surface area contributed by atoms with Crippen molar-refractivity contribution in [3.8, 4) is 5.75 Å². The first-order valence-corrected chi connectivity index (χ1v) is 4.89. The van der Waals surface area contributed by atoms with Crippen LogP contribution in [0.5, 0.6) is 5.75 Å². The Morgan fingerprint density at radius 1 is 1.29 bits per heavy atom. The number of fused-ring (bicyclic) bond motifs is 1. The average Bonchev–Trinajstić information content (AvgIpc) is 2.16. The summed E-state index contributed by atoms with van der Waals surface area (Å²) in [6.07, 6.45) is 0.877. The summed E-state index contributed by atoms with van der Waals surface area (Å²) < 4.78 is 5.90. The topological polar surface area (TPSA) is 21.6 Å². The lowest BCUT2D eigenvalue weighted by Gasteiger charge is -2.24. The van der Waals surface area contributed by atoms with Gasteiger partial charge in [-0.15, -0.1) is 0 Å². The monoisotopic (exact) mass is 189 g/mol. The van der Waals surface area contributed by atoms with Gasteiger partial charge in [0.05, 0.1) is 0 Å². The quantitative estimate of drug-likeness (QED) is 0.613. The lowest BCUT2D eigenvalue weighted by atomic mass is 10.0. The molecule has 1 aliphatic heterocycles. The van der Waals surface area contributed by atoms with Gasteiger partial charge in [0.2, 0.25) is 0 Å². The average molecular weight is 189 g/mol.